The molecule has 33 heavy (non-hydrogen) atoms. The van der Waals surface area contributed by atoms with Gasteiger partial charge in [0.05, 0.1) is 23.3 Å². The molecule has 0 N–H and O–H groups in total. The highest BCUT2D eigenvalue weighted by atomic mass is 32.2. The molecule has 0 unspecified atom stereocenters. The molecular formula is C25H25NO6S. The number of hydrogen-bond donors (Lipinski definition) is 0. The summed E-state index contributed by atoms with van der Waals surface area (Å²) < 4.78 is 43.7. The lowest BCUT2D eigenvalue weighted by atomic mass is 10.0. The molecular weight excluding hydrogens is 442 g/mol. The molecule has 1 aliphatic heterocycles. The van der Waals surface area contributed by atoms with Crippen LogP contribution in [0.5, 0.6) is 11.5 Å². The van der Waals surface area contributed by atoms with Crippen LogP contribution in [0, 0.1) is 0 Å². The number of esters is 1. The summed E-state index contributed by atoms with van der Waals surface area (Å²) in [7, 11) is -2.13. The third-order valence-electron chi connectivity index (χ3n) is 5.39. The van der Waals surface area contributed by atoms with Crippen molar-refractivity contribution in [1.82, 2.24) is 0 Å². The van der Waals surface area contributed by atoms with E-state index in [9.17, 15) is 13.2 Å². The van der Waals surface area contributed by atoms with Gasteiger partial charge in [-0.3, -0.25) is 4.31 Å². The van der Waals surface area contributed by atoms with Gasteiger partial charge < -0.3 is 14.2 Å². The summed E-state index contributed by atoms with van der Waals surface area (Å²) in [6.07, 6.45) is 1.62. The van der Waals surface area contributed by atoms with Crippen LogP contribution in [0.4, 0.5) is 5.69 Å². The molecule has 1 aliphatic rings. The van der Waals surface area contributed by atoms with Gasteiger partial charge in [0.15, 0.2) is 0 Å². The SMILES string of the molecule is COc1ccc(OCCOC(=O)c2ccc(S(=O)(=O)N3CCCc4ccccc43)cc2)cc1. The molecule has 0 saturated heterocycles. The number of hydrogen-bond acceptors (Lipinski definition) is 6. The Bertz CT molecular complexity index is 1210. The number of carbonyl (C=O) groups is 1. The number of ether oxygens (including phenoxy) is 3. The first-order valence-electron chi connectivity index (χ1n) is 10.6. The monoisotopic (exact) mass is 467 g/mol. The van der Waals surface area contributed by atoms with Crippen LogP contribution >= 0.6 is 0 Å². The minimum Gasteiger partial charge on any atom is -0.497 e. The second-order valence-electron chi connectivity index (χ2n) is 7.49. The van der Waals surface area contributed by atoms with E-state index in [1.807, 2.05) is 24.3 Å². The first kappa shape index (κ1) is 22.7. The van der Waals surface area contributed by atoms with Crippen molar-refractivity contribution in [1.29, 1.82) is 0 Å². The third-order valence-corrected chi connectivity index (χ3v) is 7.22. The number of fused-ring (bicyclic) bond motifs is 1. The Morgan fingerprint density at radius 2 is 1.61 bits per heavy atom. The van der Waals surface area contributed by atoms with Crippen molar-refractivity contribution in [3.8, 4) is 11.5 Å². The lowest BCUT2D eigenvalue weighted by Gasteiger charge is -2.30. The van der Waals surface area contributed by atoms with Gasteiger partial charge in [-0.1, -0.05) is 18.2 Å². The van der Waals surface area contributed by atoms with Gasteiger partial charge >= 0.3 is 5.97 Å². The molecule has 0 spiro atoms. The molecule has 172 valence electrons. The fraction of sp³-hybridized carbons (Fsp3) is 0.240. The van der Waals surface area contributed by atoms with E-state index in [1.165, 1.54) is 28.6 Å². The van der Waals surface area contributed by atoms with Gasteiger partial charge in [0, 0.05) is 6.54 Å². The molecule has 0 amide bonds. The molecule has 8 heteroatoms. The quantitative estimate of drug-likeness (QED) is 0.367. The Balaban J connectivity index is 1.35. The fourth-order valence-electron chi connectivity index (χ4n) is 3.69. The Morgan fingerprint density at radius 3 is 2.33 bits per heavy atom. The first-order valence-corrected chi connectivity index (χ1v) is 12.1. The topological polar surface area (TPSA) is 82.1 Å². The van der Waals surface area contributed by atoms with Crippen molar-refractivity contribution in [2.24, 2.45) is 0 Å². The van der Waals surface area contributed by atoms with Crippen molar-refractivity contribution >= 4 is 21.7 Å². The predicted molar refractivity (Wildman–Crippen MR) is 125 cm³/mol. The van der Waals surface area contributed by atoms with Gasteiger partial charge in [0.1, 0.15) is 24.7 Å². The smallest absolute Gasteiger partial charge is 0.338 e. The minimum atomic E-state index is -3.72. The molecule has 0 atom stereocenters. The number of para-hydroxylation sites is 1. The number of anilines is 1. The van der Waals surface area contributed by atoms with Crippen LogP contribution in [-0.2, 0) is 21.2 Å². The van der Waals surface area contributed by atoms with Crippen LogP contribution in [0.1, 0.15) is 22.3 Å². The molecule has 4 rings (SSSR count). The number of nitrogens with zero attached hydrogens (tertiary/aromatic N) is 1. The number of rotatable bonds is 8. The maximum atomic E-state index is 13.2. The highest BCUT2D eigenvalue weighted by Gasteiger charge is 2.29. The Morgan fingerprint density at radius 1 is 0.909 bits per heavy atom. The number of methoxy groups -OCH3 is 1. The Labute approximate surface area is 193 Å². The van der Waals surface area contributed by atoms with E-state index >= 15 is 0 Å². The largest absolute Gasteiger partial charge is 0.497 e. The average molecular weight is 468 g/mol. The average Bonchev–Trinajstić information content (AvgIpc) is 2.86. The number of sulfonamides is 1. The van der Waals surface area contributed by atoms with Crippen molar-refractivity contribution < 1.29 is 27.4 Å². The summed E-state index contributed by atoms with van der Waals surface area (Å²) in [4.78, 5) is 12.4. The molecule has 0 bridgehead atoms. The summed E-state index contributed by atoms with van der Waals surface area (Å²) in [5.74, 6) is 0.824. The van der Waals surface area contributed by atoms with Gasteiger partial charge in [0.2, 0.25) is 0 Å². The van der Waals surface area contributed by atoms with E-state index in [0.29, 0.717) is 18.0 Å². The first-order chi connectivity index (χ1) is 16.0. The number of benzene rings is 3. The van der Waals surface area contributed by atoms with E-state index in [2.05, 4.69) is 0 Å². The molecule has 0 fully saturated rings. The number of aryl methyl sites for hydroxylation is 1. The maximum absolute atomic E-state index is 13.2. The van der Waals surface area contributed by atoms with Crippen molar-refractivity contribution in [2.45, 2.75) is 17.7 Å². The van der Waals surface area contributed by atoms with Crippen molar-refractivity contribution in [3.63, 3.8) is 0 Å². The molecule has 3 aromatic rings. The lowest BCUT2D eigenvalue weighted by Crippen LogP contribution is -2.35. The van der Waals surface area contributed by atoms with E-state index < -0.39 is 16.0 Å². The predicted octanol–water partition coefficient (Wildman–Crippen LogP) is 4.07. The van der Waals surface area contributed by atoms with Gasteiger partial charge in [-0.25, -0.2) is 13.2 Å². The third kappa shape index (κ3) is 5.12. The summed E-state index contributed by atoms with van der Waals surface area (Å²) in [5, 5.41) is 0. The fourth-order valence-corrected chi connectivity index (χ4v) is 5.23. The van der Waals surface area contributed by atoms with E-state index in [0.717, 1.165) is 24.2 Å². The lowest BCUT2D eigenvalue weighted by molar-refractivity contribution is 0.0450. The van der Waals surface area contributed by atoms with Gasteiger partial charge in [-0.05, 0) is 73.0 Å². The van der Waals surface area contributed by atoms with Crippen molar-refractivity contribution in [3.05, 3.63) is 83.9 Å². The van der Waals surface area contributed by atoms with Crippen LogP contribution in [0.15, 0.2) is 77.7 Å². The zero-order valence-electron chi connectivity index (χ0n) is 18.3. The van der Waals surface area contributed by atoms with Crippen molar-refractivity contribution in [2.75, 3.05) is 31.2 Å². The second kappa shape index (κ2) is 9.95. The maximum Gasteiger partial charge on any atom is 0.338 e. The van der Waals surface area contributed by atoms with Gasteiger partial charge in [0.25, 0.3) is 10.0 Å². The Kier molecular flexibility index (Phi) is 6.84. The minimum absolute atomic E-state index is 0.0650. The molecule has 0 aromatic heterocycles. The van der Waals surface area contributed by atoms with E-state index in [-0.39, 0.29) is 23.7 Å². The van der Waals surface area contributed by atoms with Gasteiger partial charge in [-0.15, -0.1) is 0 Å². The normalized spacial score (nSPS) is 13.2. The summed E-state index contributed by atoms with van der Waals surface area (Å²) in [6, 6.07) is 20.4. The summed E-state index contributed by atoms with van der Waals surface area (Å²) >= 11 is 0. The zero-order valence-corrected chi connectivity index (χ0v) is 19.1. The van der Waals surface area contributed by atoms with Gasteiger partial charge in [-0.2, -0.15) is 0 Å². The summed E-state index contributed by atoms with van der Waals surface area (Å²) in [5.41, 5.74) is 2.01. The van der Waals surface area contributed by atoms with Crippen LogP contribution < -0.4 is 13.8 Å². The highest BCUT2D eigenvalue weighted by molar-refractivity contribution is 7.92. The zero-order chi connectivity index (χ0) is 23.3. The Hall–Kier alpha value is -3.52. The highest BCUT2D eigenvalue weighted by Crippen LogP contribution is 2.31. The van der Waals surface area contributed by atoms with E-state index in [4.69, 9.17) is 14.2 Å². The number of carbonyl (C=O) groups excluding carboxylic acids is 1. The van der Waals surface area contributed by atoms with Crippen LogP contribution in [-0.4, -0.2) is 41.3 Å². The molecule has 1 heterocycles. The van der Waals surface area contributed by atoms with E-state index in [1.54, 1.807) is 31.4 Å². The van der Waals surface area contributed by atoms with Crippen LogP contribution in [0.2, 0.25) is 0 Å². The second-order valence-corrected chi connectivity index (χ2v) is 9.36. The summed E-state index contributed by atoms with van der Waals surface area (Å²) in [6.45, 7) is 0.686. The molecule has 0 saturated carbocycles. The van der Waals surface area contributed by atoms with Crippen LogP contribution in [0.3, 0.4) is 0 Å². The molecule has 0 radical (unpaired) electrons. The molecule has 0 aliphatic carbocycles. The molecule has 7 nitrogen and oxygen atoms in total. The standard InChI is InChI=1S/C25H25NO6S/c1-30-21-10-12-22(13-11-21)31-17-18-32-25(27)20-8-14-23(15-9-20)33(28,29)26-16-4-6-19-5-2-3-7-24(19)26/h2-3,5,7-15H,4,6,16-18H2,1H3. The van der Waals surface area contributed by atoms with Crippen LogP contribution in [0.25, 0.3) is 0 Å². The molecule has 3 aromatic carbocycles.